The zero-order chi connectivity index (χ0) is 24.7. The molecule has 5 rings (SSSR count). The summed E-state index contributed by atoms with van der Waals surface area (Å²) in [5, 5.41) is 4.36. The molecule has 1 N–H and O–H groups in total. The van der Waals surface area contributed by atoms with Gasteiger partial charge in [-0.25, -0.2) is 4.79 Å². The number of nitrogens with zero attached hydrogens (tertiary/aromatic N) is 3. The molecule has 188 valence electrons. The highest BCUT2D eigenvalue weighted by Crippen LogP contribution is 2.44. The molecule has 3 fully saturated rings. The molecule has 1 amide bonds. The average molecular weight is 487 g/mol. The molecular formula is C24H30N4O7. The quantitative estimate of drug-likeness (QED) is 0.653. The summed E-state index contributed by atoms with van der Waals surface area (Å²) in [6, 6.07) is 11.2. The summed E-state index contributed by atoms with van der Waals surface area (Å²) in [6.45, 7) is 5.57. The van der Waals surface area contributed by atoms with Gasteiger partial charge in [0.2, 0.25) is 5.91 Å². The maximum absolute atomic E-state index is 12.8. The lowest BCUT2D eigenvalue weighted by atomic mass is 10.00. The molecule has 4 heterocycles. The lowest BCUT2D eigenvalue weighted by Crippen LogP contribution is -2.45. The Morgan fingerprint density at radius 3 is 2.60 bits per heavy atom. The summed E-state index contributed by atoms with van der Waals surface area (Å²) >= 11 is 0. The Morgan fingerprint density at radius 2 is 1.91 bits per heavy atom. The third kappa shape index (κ3) is 4.88. The number of aromatic nitrogens is 2. The number of hydrogen-bond donors (Lipinski definition) is 1. The first-order chi connectivity index (χ1) is 16.7. The van der Waals surface area contributed by atoms with E-state index in [0.29, 0.717) is 13.0 Å². The van der Waals surface area contributed by atoms with Gasteiger partial charge in [0.05, 0.1) is 6.04 Å². The number of hydroxylamine groups is 2. The maximum Gasteiger partial charge on any atom is 0.351 e. The van der Waals surface area contributed by atoms with Crippen molar-refractivity contribution in [3.05, 3.63) is 58.6 Å². The Bertz CT molecular complexity index is 1120. The lowest BCUT2D eigenvalue weighted by Gasteiger charge is -2.30. The van der Waals surface area contributed by atoms with Crippen LogP contribution in [0.3, 0.4) is 0 Å². The molecule has 3 aliphatic heterocycles. The van der Waals surface area contributed by atoms with Crippen LogP contribution in [0.5, 0.6) is 0 Å². The van der Waals surface area contributed by atoms with E-state index in [2.05, 4.69) is 10.3 Å². The second kappa shape index (κ2) is 9.41. The number of carbonyl (C=O) groups excluding carboxylic acids is 1. The van der Waals surface area contributed by atoms with Crippen LogP contribution in [0.2, 0.25) is 0 Å². The number of carbonyl (C=O) groups is 1. The number of fused-ring (bicyclic) bond motifs is 1. The van der Waals surface area contributed by atoms with E-state index in [1.807, 2.05) is 49.2 Å². The van der Waals surface area contributed by atoms with Crippen molar-refractivity contribution < 1.29 is 28.6 Å². The van der Waals surface area contributed by atoms with Crippen LogP contribution in [-0.4, -0.2) is 64.1 Å². The Kier molecular flexibility index (Phi) is 6.47. The van der Waals surface area contributed by atoms with E-state index in [1.165, 1.54) is 11.5 Å². The van der Waals surface area contributed by atoms with Crippen molar-refractivity contribution in [2.24, 2.45) is 0 Å². The van der Waals surface area contributed by atoms with Gasteiger partial charge in [-0.2, -0.15) is 10.0 Å². The fourth-order valence-corrected chi connectivity index (χ4v) is 4.95. The monoisotopic (exact) mass is 486 g/mol. The molecule has 0 bridgehead atoms. The maximum atomic E-state index is 12.8. The summed E-state index contributed by atoms with van der Waals surface area (Å²) in [5.41, 5.74) is 0.523. The zero-order valence-electron chi connectivity index (χ0n) is 20.1. The molecule has 0 saturated carbocycles. The van der Waals surface area contributed by atoms with E-state index in [0.717, 1.165) is 5.56 Å². The normalized spacial score (nSPS) is 32.0. The number of ether oxygens (including phenoxy) is 4. The third-order valence-corrected chi connectivity index (χ3v) is 6.35. The second-order valence-corrected chi connectivity index (χ2v) is 9.38. The third-order valence-electron chi connectivity index (χ3n) is 6.35. The van der Waals surface area contributed by atoms with Crippen molar-refractivity contribution in [1.29, 1.82) is 0 Å². The van der Waals surface area contributed by atoms with Crippen molar-refractivity contribution in [3.8, 4) is 0 Å². The second-order valence-electron chi connectivity index (χ2n) is 9.38. The van der Waals surface area contributed by atoms with E-state index in [-0.39, 0.29) is 30.0 Å². The first-order valence-corrected chi connectivity index (χ1v) is 11.6. The molecule has 35 heavy (non-hydrogen) atoms. The summed E-state index contributed by atoms with van der Waals surface area (Å²) in [5.74, 6) is -0.876. The van der Waals surface area contributed by atoms with E-state index in [1.54, 1.807) is 19.4 Å². The first kappa shape index (κ1) is 24.0. The van der Waals surface area contributed by atoms with Crippen LogP contribution in [-0.2, 0) is 35.1 Å². The minimum absolute atomic E-state index is 0.193. The van der Waals surface area contributed by atoms with Crippen LogP contribution in [0.15, 0.2) is 47.4 Å². The zero-order valence-corrected chi connectivity index (χ0v) is 20.1. The largest absolute Gasteiger partial charge is 0.353 e. The highest BCUT2D eigenvalue weighted by molar-refractivity contribution is 5.87. The summed E-state index contributed by atoms with van der Waals surface area (Å²) in [4.78, 5) is 34.4. The topological polar surface area (TPSA) is 113 Å². The van der Waals surface area contributed by atoms with Crippen LogP contribution < -0.4 is 11.0 Å². The van der Waals surface area contributed by atoms with Crippen LogP contribution in [0.4, 0.5) is 5.82 Å². The molecule has 0 spiro atoms. The molecule has 3 aliphatic rings. The Morgan fingerprint density at radius 1 is 1.17 bits per heavy atom. The molecule has 6 atom stereocenters. The van der Waals surface area contributed by atoms with Crippen LogP contribution in [0, 0.1) is 0 Å². The van der Waals surface area contributed by atoms with E-state index >= 15 is 0 Å². The van der Waals surface area contributed by atoms with E-state index < -0.39 is 30.1 Å². The van der Waals surface area contributed by atoms with Gasteiger partial charge in [-0.05, 0) is 25.5 Å². The van der Waals surface area contributed by atoms with Crippen molar-refractivity contribution in [2.45, 2.75) is 76.4 Å². The molecule has 0 radical (unpaired) electrons. The van der Waals surface area contributed by atoms with Gasteiger partial charge in [0, 0.05) is 33.2 Å². The summed E-state index contributed by atoms with van der Waals surface area (Å²) < 4.78 is 25.5. The van der Waals surface area contributed by atoms with Crippen LogP contribution >= 0.6 is 0 Å². The number of nitrogens with one attached hydrogen (secondary N) is 1. The Labute approximate surface area is 202 Å². The first-order valence-electron chi connectivity index (χ1n) is 11.6. The molecule has 1 aromatic carbocycles. The Balaban J connectivity index is 1.43. The SMILES string of the molecule is CO[C@H]1O[C@H]([C@H]2C[C@H](n3ccc(NC(C)=O)nc3=O)ON2Cc2ccccc2)[C@@H]2OC(C)(C)O[C@H]12. The number of hydrogen-bond acceptors (Lipinski definition) is 9. The van der Waals surface area contributed by atoms with Gasteiger partial charge in [-0.15, -0.1) is 0 Å². The minimum Gasteiger partial charge on any atom is -0.353 e. The highest BCUT2D eigenvalue weighted by Gasteiger charge is 2.59. The predicted molar refractivity (Wildman–Crippen MR) is 123 cm³/mol. The molecule has 1 aromatic heterocycles. The average Bonchev–Trinajstić information content (AvgIpc) is 3.44. The number of amides is 1. The summed E-state index contributed by atoms with van der Waals surface area (Å²) in [6.07, 6.45) is -0.329. The van der Waals surface area contributed by atoms with E-state index in [9.17, 15) is 9.59 Å². The van der Waals surface area contributed by atoms with Gasteiger partial charge < -0.3 is 24.3 Å². The number of methoxy groups -OCH3 is 1. The number of benzene rings is 1. The van der Waals surface area contributed by atoms with Crippen LogP contribution in [0.1, 0.15) is 39.0 Å². The fraction of sp³-hybridized carbons (Fsp3) is 0.542. The molecule has 0 unspecified atom stereocenters. The van der Waals surface area contributed by atoms with Gasteiger partial charge in [0.15, 0.2) is 18.3 Å². The smallest absolute Gasteiger partial charge is 0.351 e. The highest BCUT2D eigenvalue weighted by atomic mass is 16.8. The lowest BCUT2D eigenvalue weighted by molar-refractivity contribution is -0.249. The predicted octanol–water partition coefficient (Wildman–Crippen LogP) is 1.80. The van der Waals surface area contributed by atoms with E-state index in [4.69, 9.17) is 23.8 Å². The van der Waals surface area contributed by atoms with Crippen LogP contribution in [0.25, 0.3) is 0 Å². The standard InChI is InChI=1S/C24H30N4O7/c1-14(29)25-17-10-11-27(23(30)26-17)18-12-16(28(35-18)13-15-8-6-5-7-9-15)19-20-21(22(31-4)32-19)34-24(2,3)33-20/h5-11,16,18-22H,12-13H2,1-4H3,(H,25,26,29,30)/t16-,18-,19-,20+,21+,22+/m1/s1. The van der Waals surface area contributed by atoms with Gasteiger partial charge in [-0.1, -0.05) is 30.3 Å². The molecule has 11 heteroatoms. The van der Waals surface area contributed by atoms with Gasteiger partial charge in [0.25, 0.3) is 0 Å². The molecule has 3 saturated heterocycles. The van der Waals surface area contributed by atoms with Crippen molar-refractivity contribution in [1.82, 2.24) is 14.6 Å². The van der Waals surface area contributed by atoms with Crippen molar-refractivity contribution in [2.75, 3.05) is 12.4 Å². The molecule has 11 nitrogen and oxygen atoms in total. The minimum atomic E-state index is -0.766. The van der Waals surface area contributed by atoms with Gasteiger partial charge in [-0.3, -0.25) is 14.2 Å². The Hall–Kier alpha value is -2.67. The molecule has 0 aliphatic carbocycles. The van der Waals surface area contributed by atoms with Crippen molar-refractivity contribution >= 4 is 11.7 Å². The fourth-order valence-electron chi connectivity index (χ4n) is 4.95. The van der Waals surface area contributed by atoms with Gasteiger partial charge >= 0.3 is 5.69 Å². The summed E-state index contributed by atoms with van der Waals surface area (Å²) in [7, 11) is 1.58. The molecular weight excluding hydrogens is 456 g/mol. The number of anilines is 1. The van der Waals surface area contributed by atoms with Crippen molar-refractivity contribution in [3.63, 3.8) is 0 Å². The van der Waals surface area contributed by atoms with Gasteiger partial charge in [0.1, 0.15) is 24.1 Å². The number of rotatable bonds is 6. The molecule has 2 aromatic rings.